The fraction of sp³-hybridized carbons (Fsp3) is 0.417. The maximum atomic E-state index is 13.8. The molecule has 166 valence electrons. The second-order valence-corrected chi connectivity index (χ2v) is 9.17. The van der Waals surface area contributed by atoms with E-state index in [4.69, 9.17) is 9.47 Å². The fourth-order valence-electron chi connectivity index (χ4n) is 3.65. The Bertz CT molecular complexity index is 959. The summed E-state index contributed by atoms with van der Waals surface area (Å²) in [6.07, 6.45) is -0.926. The van der Waals surface area contributed by atoms with Gasteiger partial charge >= 0.3 is 5.97 Å². The Hall–Kier alpha value is -2.51. The molecule has 2 aromatic carbocycles. The van der Waals surface area contributed by atoms with Crippen LogP contribution in [0.3, 0.4) is 0 Å². The predicted molar refractivity (Wildman–Crippen MR) is 124 cm³/mol. The molecular formula is C24H30N2O4S. The van der Waals surface area contributed by atoms with Gasteiger partial charge in [-0.1, -0.05) is 18.2 Å². The fourth-order valence-corrected chi connectivity index (χ4v) is 5.03. The molecule has 1 aliphatic heterocycles. The van der Waals surface area contributed by atoms with Crippen molar-refractivity contribution >= 4 is 29.3 Å². The number of fused-ring (bicyclic) bond motifs is 1. The van der Waals surface area contributed by atoms with Crippen LogP contribution in [0, 0.1) is 13.8 Å². The summed E-state index contributed by atoms with van der Waals surface area (Å²) in [7, 11) is 5.57. The van der Waals surface area contributed by atoms with Crippen LogP contribution in [-0.4, -0.2) is 57.2 Å². The summed E-state index contributed by atoms with van der Waals surface area (Å²) in [5.74, 6) is 0.0684. The smallest absolute Gasteiger partial charge is 0.303 e. The Kier molecular flexibility index (Phi) is 7.28. The van der Waals surface area contributed by atoms with Crippen LogP contribution in [0.4, 0.5) is 5.69 Å². The summed E-state index contributed by atoms with van der Waals surface area (Å²) >= 11 is 1.56. The molecule has 2 aromatic rings. The lowest BCUT2D eigenvalue weighted by Gasteiger charge is -2.29. The Balaban J connectivity index is 2.14. The van der Waals surface area contributed by atoms with Gasteiger partial charge in [-0.3, -0.25) is 9.59 Å². The lowest BCUT2D eigenvalue weighted by Crippen LogP contribution is -2.45. The number of thioether (sulfide) groups is 1. The first kappa shape index (κ1) is 23.2. The van der Waals surface area contributed by atoms with E-state index in [1.807, 2.05) is 57.1 Å². The summed E-state index contributed by atoms with van der Waals surface area (Å²) < 4.78 is 10.9. The van der Waals surface area contributed by atoms with E-state index in [2.05, 4.69) is 12.1 Å². The standard InChI is InChI=1S/C24H30N2O4S/c1-15-7-12-20-21(16(15)2)26(14-13-25(4)5)24(28)22(30-17(3)27)23(31-20)18-8-10-19(29-6)11-9-18/h7-12,22-23H,13-14H2,1-6H3. The van der Waals surface area contributed by atoms with Crippen molar-refractivity contribution in [3.63, 3.8) is 0 Å². The summed E-state index contributed by atoms with van der Waals surface area (Å²) in [4.78, 5) is 30.6. The van der Waals surface area contributed by atoms with E-state index < -0.39 is 12.1 Å². The molecule has 3 rings (SSSR count). The van der Waals surface area contributed by atoms with Crippen LogP contribution in [0.2, 0.25) is 0 Å². The van der Waals surface area contributed by atoms with Crippen LogP contribution in [0.25, 0.3) is 0 Å². The Morgan fingerprint density at radius 3 is 2.39 bits per heavy atom. The molecule has 1 heterocycles. The molecule has 2 atom stereocenters. The van der Waals surface area contributed by atoms with Gasteiger partial charge in [0, 0.05) is 24.9 Å². The van der Waals surface area contributed by atoms with Gasteiger partial charge in [0.05, 0.1) is 18.0 Å². The topological polar surface area (TPSA) is 59.1 Å². The number of aryl methyl sites for hydroxylation is 1. The molecule has 0 saturated carbocycles. The molecule has 1 amide bonds. The third-order valence-electron chi connectivity index (χ3n) is 5.48. The minimum Gasteiger partial charge on any atom is -0.497 e. The Morgan fingerprint density at radius 1 is 1.13 bits per heavy atom. The first-order valence-corrected chi connectivity index (χ1v) is 11.1. The Morgan fingerprint density at radius 2 is 1.81 bits per heavy atom. The number of likely N-dealkylation sites (N-methyl/N-ethyl adjacent to an activating group) is 1. The number of carbonyl (C=O) groups is 2. The number of hydrogen-bond donors (Lipinski definition) is 0. The zero-order chi connectivity index (χ0) is 22.7. The maximum Gasteiger partial charge on any atom is 0.303 e. The molecule has 7 heteroatoms. The van der Waals surface area contributed by atoms with Crippen molar-refractivity contribution in [2.45, 2.75) is 37.0 Å². The van der Waals surface area contributed by atoms with E-state index in [0.29, 0.717) is 13.1 Å². The molecule has 0 bridgehead atoms. The summed E-state index contributed by atoms with van der Waals surface area (Å²) in [6, 6.07) is 11.7. The van der Waals surface area contributed by atoms with Crippen LogP contribution >= 0.6 is 11.8 Å². The number of rotatable bonds is 6. The molecule has 0 fully saturated rings. The van der Waals surface area contributed by atoms with Crippen LogP contribution in [0.5, 0.6) is 5.75 Å². The molecule has 0 spiro atoms. The van der Waals surface area contributed by atoms with E-state index in [9.17, 15) is 9.59 Å². The first-order chi connectivity index (χ1) is 14.7. The number of nitrogens with zero attached hydrogens (tertiary/aromatic N) is 2. The summed E-state index contributed by atoms with van der Waals surface area (Å²) in [5.41, 5.74) is 4.00. The number of anilines is 1. The van der Waals surface area contributed by atoms with Crippen molar-refractivity contribution in [3.05, 3.63) is 53.1 Å². The van der Waals surface area contributed by atoms with Crippen LogP contribution in [0.15, 0.2) is 41.3 Å². The average Bonchev–Trinajstić information content (AvgIpc) is 2.84. The van der Waals surface area contributed by atoms with E-state index >= 15 is 0 Å². The Labute approximate surface area is 188 Å². The van der Waals surface area contributed by atoms with Crippen molar-refractivity contribution in [2.24, 2.45) is 0 Å². The highest BCUT2D eigenvalue weighted by Crippen LogP contribution is 2.48. The van der Waals surface area contributed by atoms with Gasteiger partial charge in [0.1, 0.15) is 5.75 Å². The number of ether oxygens (including phenoxy) is 2. The molecule has 2 unspecified atom stereocenters. The van der Waals surface area contributed by atoms with Gasteiger partial charge in [-0.25, -0.2) is 0 Å². The third-order valence-corrected chi connectivity index (χ3v) is 6.84. The zero-order valence-corrected chi connectivity index (χ0v) is 19.8. The minimum atomic E-state index is -0.926. The van der Waals surface area contributed by atoms with Crippen molar-refractivity contribution in [3.8, 4) is 5.75 Å². The number of hydrogen-bond acceptors (Lipinski definition) is 6. The number of amides is 1. The molecule has 0 aliphatic carbocycles. The predicted octanol–water partition coefficient (Wildman–Crippen LogP) is 3.99. The van der Waals surface area contributed by atoms with Gasteiger partial charge in [-0.05, 0) is 62.8 Å². The van der Waals surface area contributed by atoms with Crippen molar-refractivity contribution in [1.29, 1.82) is 0 Å². The lowest BCUT2D eigenvalue weighted by molar-refractivity contribution is -0.152. The van der Waals surface area contributed by atoms with Crippen LogP contribution in [0.1, 0.15) is 28.9 Å². The first-order valence-electron chi connectivity index (χ1n) is 10.3. The van der Waals surface area contributed by atoms with Gasteiger partial charge in [-0.2, -0.15) is 0 Å². The van der Waals surface area contributed by atoms with Crippen LogP contribution in [-0.2, 0) is 14.3 Å². The van der Waals surface area contributed by atoms with Gasteiger partial charge < -0.3 is 19.3 Å². The van der Waals surface area contributed by atoms with E-state index in [0.717, 1.165) is 33.0 Å². The van der Waals surface area contributed by atoms with Gasteiger partial charge in [0.15, 0.2) is 6.10 Å². The molecule has 0 radical (unpaired) electrons. The maximum absolute atomic E-state index is 13.8. The second-order valence-electron chi connectivity index (χ2n) is 7.99. The number of benzene rings is 2. The number of carbonyl (C=O) groups excluding carboxylic acids is 2. The third kappa shape index (κ3) is 5.05. The minimum absolute atomic E-state index is 0.196. The van der Waals surface area contributed by atoms with E-state index in [-0.39, 0.29) is 11.2 Å². The molecule has 0 N–H and O–H groups in total. The van der Waals surface area contributed by atoms with Gasteiger partial charge in [0.2, 0.25) is 0 Å². The van der Waals surface area contributed by atoms with Crippen LogP contribution < -0.4 is 9.64 Å². The monoisotopic (exact) mass is 442 g/mol. The second kappa shape index (κ2) is 9.75. The average molecular weight is 443 g/mol. The largest absolute Gasteiger partial charge is 0.497 e. The normalized spacial score (nSPS) is 18.5. The molecule has 1 aliphatic rings. The van der Waals surface area contributed by atoms with Gasteiger partial charge in [0.25, 0.3) is 5.91 Å². The number of methoxy groups -OCH3 is 1. The van der Waals surface area contributed by atoms with Crippen molar-refractivity contribution in [2.75, 3.05) is 39.2 Å². The molecule has 0 saturated heterocycles. The zero-order valence-electron chi connectivity index (χ0n) is 19.0. The summed E-state index contributed by atoms with van der Waals surface area (Å²) in [5, 5.41) is -0.368. The number of esters is 1. The highest BCUT2D eigenvalue weighted by Gasteiger charge is 2.41. The highest BCUT2D eigenvalue weighted by molar-refractivity contribution is 7.99. The van der Waals surface area contributed by atoms with Crippen molar-refractivity contribution < 1.29 is 19.1 Å². The summed E-state index contributed by atoms with van der Waals surface area (Å²) in [6.45, 7) is 6.64. The quantitative estimate of drug-likeness (QED) is 0.631. The van der Waals surface area contributed by atoms with Gasteiger partial charge in [-0.15, -0.1) is 11.8 Å². The molecule has 0 aromatic heterocycles. The molecular weight excluding hydrogens is 412 g/mol. The highest BCUT2D eigenvalue weighted by atomic mass is 32.2. The van der Waals surface area contributed by atoms with E-state index in [1.54, 1.807) is 23.8 Å². The SMILES string of the molecule is COc1ccc(C2Sc3ccc(C)c(C)c3N(CCN(C)C)C(=O)C2OC(C)=O)cc1. The molecule has 6 nitrogen and oxygen atoms in total. The van der Waals surface area contributed by atoms with E-state index in [1.165, 1.54) is 6.92 Å². The molecule has 31 heavy (non-hydrogen) atoms. The lowest BCUT2D eigenvalue weighted by atomic mass is 10.0. The van der Waals surface area contributed by atoms with Crippen molar-refractivity contribution in [1.82, 2.24) is 4.90 Å².